The fourth-order valence-electron chi connectivity index (χ4n) is 2.21. The van der Waals surface area contributed by atoms with E-state index in [1.807, 2.05) is 24.3 Å². The van der Waals surface area contributed by atoms with Gasteiger partial charge in [-0.3, -0.25) is 0 Å². The number of nitrogens with one attached hydrogen (secondary N) is 2. The van der Waals surface area contributed by atoms with Crippen LogP contribution in [0.25, 0.3) is 0 Å². The molecular weight excluding hydrogens is 304 g/mol. The largest absolute Gasteiger partial charge is 0.338 e. The van der Waals surface area contributed by atoms with Crippen molar-refractivity contribution in [1.82, 2.24) is 5.32 Å². The summed E-state index contributed by atoms with van der Waals surface area (Å²) in [4.78, 5) is 11.7. The summed E-state index contributed by atoms with van der Waals surface area (Å²) in [5.41, 5.74) is 2.28. The van der Waals surface area contributed by atoms with E-state index in [4.69, 9.17) is 0 Å². The Balaban J connectivity index is 1.71. The maximum Gasteiger partial charge on any atom is 0.319 e. The van der Waals surface area contributed by atoms with Gasteiger partial charge < -0.3 is 10.6 Å². The third-order valence-electron chi connectivity index (χ3n) is 3.20. The molecular formula is C15H19BrN2O. The van der Waals surface area contributed by atoms with Crippen LogP contribution in [0.1, 0.15) is 32.1 Å². The topological polar surface area (TPSA) is 41.1 Å². The van der Waals surface area contributed by atoms with Gasteiger partial charge in [-0.1, -0.05) is 33.6 Å². The Morgan fingerprint density at radius 1 is 1.32 bits per heavy atom. The van der Waals surface area contributed by atoms with Crippen LogP contribution in [0.15, 0.2) is 40.4 Å². The van der Waals surface area contributed by atoms with Gasteiger partial charge in [-0.25, -0.2) is 4.79 Å². The van der Waals surface area contributed by atoms with E-state index in [0.717, 1.165) is 16.6 Å². The van der Waals surface area contributed by atoms with E-state index in [2.05, 4.69) is 32.6 Å². The van der Waals surface area contributed by atoms with Gasteiger partial charge in [0.2, 0.25) is 0 Å². The second-order valence-corrected chi connectivity index (χ2v) is 5.67. The van der Waals surface area contributed by atoms with Gasteiger partial charge in [-0.15, -0.1) is 0 Å². The summed E-state index contributed by atoms with van der Waals surface area (Å²) in [6.07, 6.45) is 8.26. The zero-order valence-corrected chi connectivity index (χ0v) is 12.5. The molecule has 4 heteroatoms. The SMILES string of the molecule is O=C(NCCC1=CCCCC1)Nc1cccc(Br)c1. The van der Waals surface area contributed by atoms with Gasteiger partial charge in [0.05, 0.1) is 0 Å². The van der Waals surface area contributed by atoms with Crippen molar-refractivity contribution < 1.29 is 4.79 Å². The van der Waals surface area contributed by atoms with Crippen molar-refractivity contribution in [3.05, 3.63) is 40.4 Å². The van der Waals surface area contributed by atoms with Crippen molar-refractivity contribution in [2.75, 3.05) is 11.9 Å². The van der Waals surface area contributed by atoms with E-state index in [0.29, 0.717) is 6.54 Å². The summed E-state index contributed by atoms with van der Waals surface area (Å²) in [6, 6.07) is 7.43. The van der Waals surface area contributed by atoms with Crippen LogP contribution in [0.4, 0.5) is 10.5 Å². The molecule has 0 fully saturated rings. The number of amides is 2. The van der Waals surface area contributed by atoms with Crippen LogP contribution in [0.5, 0.6) is 0 Å². The maximum absolute atomic E-state index is 11.7. The van der Waals surface area contributed by atoms with Crippen molar-refractivity contribution >= 4 is 27.6 Å². The molecule has 1 aromatic carbocycles. The molecule has 0 atom stereocenters. The molecule has 19 heavy (non-hydrogen) atoms. The van der Waals surface area contributed by atoms with Crippen LogP contribution in [0, 0.1) is 0 Å². The van der Waals surface area contributed by atoms with Gasteiger partial charge in [-0.2, -0.15) is 0 Å². The minimum atomic E-state index is -0.144. The Morgan fingerprint density at radius 3 is 2.95 bits per heavy atom. The number of allylic oxidation sites excluding steroid dienone is 1. The number of halogens is 1. The van der Waals surface area contributed by atoms with Crippen LogP contribution in [-0.2, 0) is 0 Å². The minimum absolute atomic E-state index is 0.144. The highest BCUT2D eigenvalue weighted by atomic mass is 79.9. The monoisotopic (exact) mass is 322 g/mol. The minimum Gasteiger partial charge on any atom is -0.338 e. The van der Waals surface area contributed by atoms with E-state index in [-0.39, 0.29) is 6.03 Å². The first kappa shape index (κ1) is 14.1. The molecule has 0 heterocycles. The summed E-state index contributed by atoms with van der Waals surface area (Å²) < 4.78 is 0.956. The van der Waals surface area contributed by atoms with Crippen molar-refractivity contribution in [2.45, 2.75) is 32.1 Å². The third-order valence-corrected chi connectivity index (χ3v) is 3.69. The standard InChI is InChI=1S/C15H19BrN2O/c16-13-7-4-8-14(11-13)18-15(19)17-10-9-12-5-2-1-3-6-12/h4-5,7-8,11H,1-3,6,9-10H2,(H2,17,18,19). The fraction of sp³-hybridized carbons (Fsp3) is 0.400. The normalized spacial score (nSPS) is 14.7. The lowest BCUT2D eigenvalue weighted by Gasteiger charge is -2.13. The summed E-state index contributed by atoms with van der Waals surface area (Å²) in [6.45, 7) is 0.700. The van der Waals surface area contributed by atoms with E-state index in [9.17, 15) is 4.79 Å². The molecule has 1 aromatic rings. The fourth-order valence-corrected chi connectivity index (χ4v) is 2.61. The van der Waals surface area contributed by atoms with Gasteiger partial charge in [0, 0.05) is 16.7 Å². The van der Waals surface area contributed by atoms with Gasteiger partial charge in [0.15, 0.2) is 0 Å². The van der Waals surface area contributed by atoms with Crippen LogP contribution in [0.3, 0.4) is 0 Å². The molecule has 1 aliphatic rings. The number of carbonyl (C=O) groups excluding carboxylic acids is 1. The lowest BCUT2D eigenvalue weighted by molar-refractivity contribution is 0.252. The molecule has 0 saturated heterocycles. The highest BCUT2D eigenvalue weighted by Gasteiger charge is 2.05. The molecule has 0 aromatic heterocycles. The molecule has 2 amide bonds. The van der Waals surface area contributed by atoms with Crippen molar-refractivity contribution in [3.8, 4) is 0 Å². The highest BCUT2D eigenvalue weighted by Crippen LogP contribution is 2.19. The summed E-state index contributed by atoms with van der Waals surface area (Å²) in [5, 5.41) is 5.71. The second kappa shape index (κ2) is 7.34. The van der Waals surface area contributed by atoms with Crippen molar-refractivity contribution in [2.24, 2.45) is 0 Å². The number of hydrogen-bond donors (Lipinski definition) is 2. The summed E-state index contributed by atoms with van der Waals surface area (Å²) in [5.74, 6) is 0. The molecule has 0 aliphatic heterocycles. The summed E-state index contributed by atoms with van der Waals surface area (Å²) in [7, 11) is 0. The molecule has 0 spiro atoms. The molecule has 102 valence electrons. The molecule has 2 N–H and O–H groups in total. The van der Waals surface area contributed by atoms with Crippen LogP contribution in [0.2, 0.25) is 0 Å². The van der Waals surface area contributed by atoms with Gasteiger partial charge >= 0.3 is 6.03 Å². The average molecular weight is 323 g/mol. The number of anilines is 1. The van der Waals surface area contributed by atoms with E-state index < -0.39 is 0 Å². The van der Waals surface area contributed by atoms with Gasteiger partial charge in [-0.05, 0) is 50.3 Å². The number of benzene rings is 1. The first-order valence-corrected chi connectivity index (χ1v) is 7.52. The first-order chi connectivity index (χ1) is 9.24. The Labute approximate surface area is 122 Å². The number of urea groups is 1. The quantitative estimate of drug-likeness (QED) is 0.789. The van der Waals surface area contributed by atoms with E-state index in [1.54, 1.807) is 0 Å². The molecule has 0 radical (unpaired) electrons. The smallest absolute Gasteiger partial charge is 0.319 e. The number of rotatable bonds is 4. The molecule has 0 unspecified atom stereocenters. The molecule has 0 bridgehead atoms. The number of hydrogen-bond acceptors (Lipinski definition) is 1. The van der Waals surface area contributed by atoms with Crippen LogP contribution < -0.4 is 10.6 Å². The molecule has 1 aliphatic carbocycles. The predicted molar refractivity (Wildman–Crippen MR) is 82.3 cm³/mol. The first-order valence-electron chi connectivity index (χ1n) is 6.72. The van der Waals surface area contributed by atoms with Gasteiger partial charge in [0.25, 0.3) is 0 Å². The third kappa shape index (κ3) is 5.07. The Kier molecular flexibility index (Phi) is 5.45. The van der Waals surface area contributed by atoms with Crippen LogP contribution >= 0.6 is 15.9 Å². The Bertz CT molecular complexity index is 471. The maximum atomic E-state index is 11.7. The predicted octanol–water partition coefficient (Wildman–Crippen LogP) is 4.46. The number of carbonyl (C=O) groups is 1. The Morgan fingerprint density at radius 2 is 2.21 bits per heavy atom. The lowest BCUT2D eigenvalue weighted by atomic mass is 9.97. The zero-order chi connectivity index (χ0) is 13.5. The molecule has 2 rings (SSSR count). The lowest BCUT2D eigenvalue weighted by Crippen LogP contribution is -2.29. The van der Waals surface area contributed by atoms with Crippen molar-refractivity contribution in [1.29, 1.82) is 0 Å². The van der Waals surface area contributed by atoms with E-state index in [1.165, 1.54) is 31.3 Å². The van der Waals surface area contributed by atoms with E-state index >= 15 is 0 Å². The van der Waals surface area contributed by atoms with Crippen LogP contribution in [-0.4, -0.2) is 12.6 Å². The Hall–Kier alpha value is -1.29. The molecule has 3 nitrogen and oxygen atoms in total. The van der Waals surface area contributed by atoms with Gasteiger partial charge in [0.1, 0.15) is 0 Å². The zero-order valence-electron chi connectivity index (χ0n) is 10.9. The average Bonchev–Trinajstić information content (AvgIpc) is 2.40. The summed E-state index contributed by atoms with van der Waals surface area (Å²) >= 11 is 3.38. The van der Waals surface area contributed by atoms with Crippen molar-refractivity contribution in [3.63, 3.8) is 0 Å². The second-order valence-electron chi connectivity index (χ2n) is 4.75. The molecule has 0 saturated carbocycles. The highest BCUT2D eigenvalue weighted by molar-refractivity contribution is 9.10.